The smallest absolute Gasteiger partial charge is 0.0835 e. The van der Waals surface area contributed by atoms with E-state index in [2.05, 4.69) is 45.0 Å². The zero-order valence-corrected chi connectivity index (χ0v) is 13.2. The van der Waals surface area contributed by atoms with Crippen molar-refractivity contribution in [3.05, 3.63) is 35.4 Å². The molecular formula is C18H29NO. The van der Waals surface area contributed by atoms with Crippen LogP contribution in [-0.4, -0.2) is 18.2 Å². The first-order valence-electron chi connectivity index (χ1n) is 8.01. The van der Waals surface area contributed by atoms with Crippen LogP contribution in [0.3, 0.4) is 0 Å². The van der Waals surface area contributed by atoms with Gasteiger partial charge in [-0.15, -0.1) is 0 Å². The Morgan fingerprint density at radius 2 is 1.85 bits per heavy atom. The highest BCUT2D eigenvalue weighted by Crippen LogP contribution is 2.37. The molecule has 1 unspecified atom stereocenters. The Kier molecular flexibility index (Phi) is 5.22. The lowest BCUT2D eigenvalue weighted by atomic mass is 9.74. The monoisotopic (exact) mass is 275 g/mol. The summed E-state index contributed by atoms with van der Waals surface area (Å²) in [5.41, 5.74) is 9.07. The van der Waals surface area contributed by atoms with Crippen LogP contribution in [0.4, 0.5) is 0 Å². The molecule has 0 heterocycles. The van der Waals surface area contributed by atoms with Crippen LogP contribution in [0.2, 0.25) is 0 Å². The van der Waals surface area contributed by atoms with Crippen LogP contribution in [0.5, 0.6) is 0 Å². The molecule has 112 valence electrons. The van der Waals surface area contributed by atoms with Crippen LogP contribution in [0, 0.1) is 12.8 Å². The molecule has 20 heavy (non-hydrogen) atoms. The number of nitrogens with two attached hydrogens (primary N) is 1. The maximum Gasteiger partial charge on any atom is 0.0835 e. The minimum Gasteiger partial charge on any atom is -0.374 e. The van der Waals surface area contributed by atoms with Crippen LogP contribution >= 0.6 is 0 Å². The predicted octanol–water partition coefficient (Wildman–Crippen LogP) is 3.85. The molecule has 1 saturated carbocycles. The second-order valence-electron chi connectivity index (χ2n) is 6.48. The highest BCUT2D eigenvalue weighted by molar-refractivity contribution is 5.22. The van der Waals surface area contributed by atoms with Gasteiger partial charge >= 0.3 is 0 Å². The number of rotatable bonds is 5. The summed E-state index contributed by atoms with van der Waals surface area (Å²) in [6.45, 7) is 7.30. The van der Waals surface area contributed by atoms with E-state index in [0.29, 0.717) is 0 Å². The largest absolute Gasteiger partial charge is 0.374 e. The Hall–Kier alpha value is -0.860. The standard InChI is InChI=1S/C18H29NO/c1-4-20-18(11-9-15(3)10-12-18)17(19)13-16-7-5-14(2)6-8-16/h5-8,15,17H,4,9-13,19H2,1-3H3. The van der Waals surface area contributed by atoms with Gasteiger partial charge in [-0.05, 0) is 57.4 Å². The van der Waals surface area contributed by atoms with Crippen molar-refractivity contribution in [2.24, 2.45) is 11.7 Å². The third-order valence-electron chi connectivity index (χ3n) is 4.80. The van der Waals surface area contributed by atoms with Crippen LogP contribution in [0.15, 0.2) is 24.3 Å². The van der Waals surface area contributed by atoms with E-state index in [-0.39, 0.29) is 11.6 Å². The van der Waals surface area contributed by atoms with E-state index in [1.165, 1.54) is 24.0 Å². The minimum atomic E-state index is -0.105. The molecule has 2 N–H and O–H groups in total. The first-order chi connectivity index (χ1) is 9.55. The second-order valence-corrected chi connectivity index (χ2v) is 6.48. The van der Waals surface area contributed by atoms with E-state index in [4.69, 9.17) is 10.5 Å². The van der Waals surface area contributed by atoms with Gasteiger partial charge in [-0.3, -0.25) is 0 Å². The molecule has 1 aromatic rings. The van der Waals surface area contributed by atoms with E-state index in [1.54, 1.807) is 0 Å². The normalized spacial score (nSPS) is 28.3. The third kappa shape index (κ3) is 3.62. The Balaban J connectivity index is 2.06. The number of benzene rings is 1. The van der Waals surface area contributed by atoms with Crippen molar-refractivity contribution in [1.82, 2.24) is 0 Å². The highest BCUT2D eigenvalue weighted by atomic mass is 16.5. The molecule has 2 nitrogen and oxygen atoms in total. The summed E-state index contributed by atoms with van der Waals surface area (Å²) < 4.78 is 6.15. The van der Waals surface area contributed by atoms with Gasteiger partial charge in [0.15, 0.2) is 0 Å². The highest BCUT2D eigenvalue weighted by Gasteiger charge is 2.40. The van der Waals surface area contributed by atoms with Gasteiger partial charge in [0.2, 0.25) is 0 Å². The van der Waals surface area contributed by atoms with Crippen LogP contribution in [-0.2, 0) is 11.2 Å². The van der Waals surface area contributed by atoms with E-state index in [0.717, 1.165) is 31.8 Å². The van der Waals surface area contributed by atoms with Crippen LogP contribution in [0.1, 0.15) is 50.7 Å². The maximum atomic E-state index is 6.56. The lowest BCUT2D eigenvalue weighted by molar-refractivity contribution is -0.0883. The van der Waals surface area contributed by atoms with Crippen molar-refractivity contribution < 1.29 is 4.74 Å². The Morgan fingerprint density at radius 1 is 1.25 bits per heavy atom. The minimum absolute atomic E-state index is 0.0951. The molecule has 0 aliphatic heterocycles. The van der Waals surface area contributed by atoms with Gasteiger partial charge in [0.1, 0.15) is 0 Å². The van der Waals surface area contributed by atoms with Crippen molar-refractivity contribution in [1.29, 1.82) is 0 Å². The maximum absolute atomic E-state index is 6.56. The average Bonchev–Trinajstić information content (AvgIpc) is 2.44. The fourth-order valence-corrected chi connectivity index (χ4v) is 3.32. The van der Waals surface area contributed by atoms with Gasteiger partial charge in [-0.2, -0.15) is 0 Å². The molecule has 0 spiro atoms. The molecule has 0 saturated heterocycles. The Bertz CT molecular complexity index is 404. The van der Waals surface area contributed by atoms with Gasteiger partial charge < -0.3 is 10.5 Å². The first kappa shape index (κ1) is 15.5. The average molecular weight is 275 g/mol. The van der Waals surface area contributed by atoms with Gasteiger partial charge in [-0.1, -0.05) is 36.8 Å². The van der Waals surface area contributed by atoms with E-state index in [9.17, 15) is 0 Å². The van der Waals surface area contributed by atoms with Crippen molar-refractivity contribution >= 4 is 0 Å². The molecule has 0 bridgehead atoms. The summed E-state index contributed by atoms with van der Waals surface area (Å²) in [7, 11) is 0. The van der Waals surface area contributed by atoms with Gasteiger partial charge in [0, 0.05) is 12.6 Å². The van der Waals surface area contributed by atoms with Crippen LogP contribution < -0.4 is 5.73 Å². The Labute approximate surface area is 123 Å². The molecule has 1 aliphatic rings. The summed E-state index contributed by atoms with van der Waals surface area (Å²) in [4.78, 5) is 0. The Morgan fingerprint density at radius 3 is 2.40 bits per heavy atom. The number of ether oxygens (including phenoxy) is 1. The lowest BCUT2D eigenvalue weighted by Crippen LogP contribution is -2.53. The number of hydrogen-bond donors (Lipinski definition) is 1. The molecule has 0 amide bonds. The molecule has 1 aliphatic carbocycles. The zero-order chi connectivity index (χ0) is 14.6. The van der Waals surface area contributed by atoms with Crippen LogP contribution in [0.25, 0.3) is 0 Å². The van der Waals surface area contributed by atoms with E-state index < -0.39 is 0 Å². The first-order valence-corrected chi connectivity index (χ1v) is 8.01. The SMILES string of the molecule is CCOC1(C(N)Cc2ccc(C)cc2)CCC(C)CC1. The van der Waals surface area contributed by atoms with Gasteiger partial charge in [-0.25, -0.2) is 0 Å². The molecule has 1 fully saturated rings. The van der Waals surface area contributed by atoms with Crippen molar-refractivity contribution in [3.63, 3.8) is 0 Å². The van der Waals surface area contributed by atoms with Crippen molar-refractivity contribution in [3.8, 4) is 0 Å². The lowest BCUT2D eigenvalue weighted by Gasteiger charge is -2.43. The van der Waals surface area contributed by atoms with Gasteiger partial charge in [0.05, 0.1) is 5.60 Å². The molecule has 1 atom stereocenters. The molecule has 2 heteroatoms. The molecule has 2 rings (SSSR count). The quantitative estimate of drug-likeness (QED) is 0.886. The topological polar surface area (TPSA) is 35.2 Å². The van der Waals surface area contributed by atoms with Crippen molar-refractivity contribution in [2.45, 2.75) is 64.5 Å². The molecule has 1 aromatic carbocycles. The van der Waals surface area contributed by atoms with Gasteiger partial charge in [0.25, 0.3) is 0 Å². The summed E-state index contributed by atoms with van der Waals surface area (Å²) in [5, 5.41) is 0. The summed E-state index contributed by atoms with van der Waals surface area (Å²) in [6.07, 6.45) is 5.60. The third-order valence-corrected chi connectivity index (χ3v) is 4.80. The fourth-order valence-electron chi connectivity index (χ4n) is 3.32. The summed E-state index contributed by atoms with van der Waals surface area (Å²) in [5.74, 6) is 0.815. The predicted molar refractivity (Wildman–Crippen MR) is 84.8 cm³/mol. The molecule has 0 radical (unpaired) electrons. The fraction of sp³-hybridized carbons (Fsp3) is 0.667. The number of aryl methyl sites for hydroxylation is 1. The van der Waals surface area contributed by atoms with Crippen molar-refractivity contribution in [2.75, 3.05) is 6.61 Å². The van der Waals surface area contributed by atoms with E-state index >= 15 is 0 Å². The summed E-state index contributed by atoms with van der Waals surface area (Å²) >= 11 is 0. The zero-order valence-electron chi connectivity index (χ0n) is 13.2. The molecular weight excluding hydrogens is 246 g/mol. The number of hydrogen-bond acceptors (Lipinski definition) is 2. The second kappa shape index (κ2) is 6.73. The molecule has 0 aromatic heterocycles. The summed E-state index contributed by atoms with van der Waals surface area (Å²) in [6, 6.07) is 8.81. The van der Waals surface area contributed by atoms with E-state index in [1.807, 2.05) is 0 Å².